The Balaban J connectivity index is 3.65. The van der Waals surface area contributed by atoms with Gasteiger partial charge in [-0.15, -0.1) is 0 Å². The molecule has 0 atom stereocenters. The van der Waals surface area contributed by atoms with Crippen LogP contribution in [0.25, 0.3) is 0 Å². The van der Waals surface area contributed by atoms with Crippen LogP contribution in [0.3, 0.4) is 0 Å². The van der Waals surface area contributed by atoms with Gasteiger partial charge in [0.15, 0.2) is 0 Å². The Morgan fingerprint density at radius 2 is 0.714 bits per heavy atom. The summed E-state index contributed by atoms with van der Waals surface area (Å²) < 4.78 is 230. The molecule has 0 aromatic heterocycles. The van der Waals surface area contributed by atoms with Crippen molar-refractivity contribution in [1.29, 1.82) is 0 Å². The van der Waals surface area contributed by atoms with E-state index in [1.807, 2.05) is 0 Å². The van der Waals surface area contributed by atoms with Crippen molar-refractivity contribution < 1.29 is 83.8 Å². The summed E-state index contributed by atoms with van der Waals surface area (Å²) in [6.45, 7) is 0. The minimum absolute atomic E-state index is 1.24. The third-order valence-corrected chi connectivity index (χ3v) is 3.38. The second-order valence-electron chi connectivity index (χ2n) is 5.16. The molecule has 1 nitrogen and oxygen atoms in total. The van der Waals surface area contributed by atoms with Crippen LogP contribution < -0.4 is 0 Å². The number of ether oxygens (including phenoxy) is 1. The molecular weight excluding hydrogens is 466 g/mol. The summed E-state index contributed by atoms with van der Waals surface area (Å²) in [5.74, 6) is -55.0. The Labute approximate surface area is 139 Å². The highest BCUT2D eigenvalue weighted by Gasteiger charge is 3.03. The fourth-order valence-electron chi connectivity index (χ4n) is 1.73. The van der Waals surface area contributed by atoms with Crippen molar-refractivity contribution in [3.63, 3.8) is 0 Å². The Bertz CT molecular complexity index is 601. The summed E-state index contributed by atoms with van der Waals surface area (Å²) in [7, 11) is 0. The zero-order valence-corrected chi connectivity index (χ0v) is 11.7. The van der Waals surface area contributed by atoms with Gasteiger partial charge in [0.25, 0.3) is 0 Å². The molecule has 0 heterocycles. The standard InChI is InChI=1S/C9F18O/c10-1(11)2(12,13)4(16,17)7(22,3(1,14)15)28-9(26,27)6(20,21)5(18,19)8(23,24)25. The van der Waals surface area contributed by atoms with Gasteiger partial charge in [-0.05, 0) is 0 Å². The third kappa shape index (κ3) is 2.36. The average Bonchev–Trinajstić information content (AvgIpc) is 2.47. The first-order valence-electron chi connectivity index (χ1n) is 5.81. The van der Waals surface area contributed by atoms with E-state index in [9.17, 15) is 79.0 Å². The van der Waals surface area contributed by atoms with Gasteiger partial charge in [0.2, 0.25) is 0 Å². The normalized spacial score (nSPS) is 26.4. The highest BCUT2D eigenvalue weighted by molar-refractivity contribution is 5.24. The van der Waals surface area contributed by atoms with Crippen LogP contribution in [0, 0.1) is 0 Å². The fraction of sp³-hybridized carbons (Fsp3) is 1.00. The lowest BCUT2D eigenvalue weighted by Gasteiger charge is -2.38. The van der Waals surface area contributed by atoms with Crippen LogP contribution in [-0.4, -0.2) is 53.7 Å². The van der Waals surface area contributed by atoms with Crippen LogP contribution in [-0.2, 0) is 4.74 Å². The highest BCUT2D eigenvalue weighted by atomic mass is 19.4. The molecule has 0 radical (unpaired) electrons. The second-order valence-corrected chi connectivity index (χ2v) is 5.16. The largest absolute Gasteiger partial charge is 0.460 e. The summed E-state index contributed by atoms with van der Waals surface area (Å²) in [6, 6.07) is 0. The summed E-state index contributed by atoms with van der Waals surface area (Å²) in [4.78, 5) is 0. The molecule has 1 fully saturated rings. The molecule has 1 aliphatic carbocycles. The van der Waals surface area contributed by atoms with E-state index < -0.39 is 53.7 Å². The quantitative estimate of drug-likeness (QED) is 0.487. The fourth-order valence-corrected chi connectivity index (χ4v) is 1.73. The Kier molecular flexibility index (Phi) is 4.80. The molecule has 1 saturated carbocycles. The van der Waals surface area contributed by atoms with Crippen molar-refractivity contribution in [3.8, 4) is 0 Å². The maximum Gasteiger partial charge on any atom is 0.460 e. The van der Waals surface area contributed by atoms with Crippen molar-refractivity contribution in [2.45, 2.75) is 53.7 Å². The summed E-state index contributed by atoms with van der Waals surface area (Å²) in [5.41, 5.74) is 0. The van der Waals surface area contributed by atoms with Crippen molar-refractivity contribution in [1.82, 2.24) is 0 Å². The van der Waals surface area contributed by atoms with Crippen LogP contribution in [0.2, 0.25) is 0 Å². The molecule has 0 spiro atoms. The minimum Gasteiger partial charge on any atom is -0.267 e. The lowest BCUT2D eigenvalue weighted by molar-refractivity contribution is -0.499. The molecule has 168 valence electrons. The molecule has 0 aliphatic heterocycles. The predicted molar refractivity (Wildman–Crippen MR) is 45.6 cm³/mol. The van der Waals surface area contributed by atoms with Crippen molar-refractivity contribution in [3.05, 3.63) is 0 Å². The lowest BCUT2D eigenvalue weighted by Crippen LogP contribution is -2.67. The van der Waals surface area contributed by atoms with E-state index in [4.69, 9.17) is 0 Å². The monoisotopic (exact) mass is 466 g/mol. The van der Waals surface area contributed by atoms with Crippen LogP contribution in [0.4, 0.5) is 79.0 Å². The molecule has 0 saturated heterocycles. The molecule has 19 heteroatoms. The van der Waals surface area contributed by atoms with Crippen molar-refractivity contribution in [2.24, 2.45) is 0 Å². The molecule has 0 aromatic rings. The molecule has 0 amide bonds. The first kappa shape index (κ1) is 24.7. The van der Waals surface area contributed by atoms with Crippen LogP contribution in [0.5, 0.6) is 0 Å². The summed E-state index contributed by atoms with van der Waals surface area (Å²) >= 11 is 0. The first-order valence-corrected chi connectivity index (χ1v) is 5.81. The maximum absolute atomic E-state index is 13.5. The van der Waals surface area contributed by atoms with E-state index in [2.05, 4.69) is 0 Å². The molecule has 28 heavy (non-hydrogen) atoms. The maximum atomic E-state index is 13.5. The molecule has 1 rings (SSSR count). The van der Waals surface area contributed by atoms with Gasteiger partial charge >= 0.3 is 53.7 Å². The number of hydrogen-bond acceptors (Lipinski definition) is 1. The van der Waals surface area contributed by atoms with Gasteiger partial charge < -0.3 is 0 Å². The van der Waals surface area contributed by atoms with E-state index in [0.29, 0.717) is 0 Å². The van der Waals surface area contributed by atoms with Crippen LogP contribution in [0.15, 0.2) is 0 Å². The van der Waals surface area contributed by atoms with Gasteiger partial charge in [-0.3, -0.25) is 4.74 Å². The number of rotatable bonds is 4. The predicted octanol–water partition coefficient (Wildman–Crippen LogP) is 5.65. The van der Waals surface area contributed by atoms with Gasteiger partial charge in [0.05, 0.1) is 0 Å². The SMILES string of the molecule is FC(F)(F)C(F)(F)C(F)(F)C(F)(F)OC1(F)C(F)(F)C(F)(F)C(F)(F)C1(F)F. The number of hydrogen-bond donors (Lipinski definition) is 0. The molecule has 0 aromatic carbocycles. The van der Waals surface area contributed by atoms with Gasteiger partial charge in [-0.1, -0.05) is 0 Å². The molecule has 0 bridgehead atoms. The van der Waals surface area contributed by atoms with Gasteiger partial charge in [-0.25, -0.2) is 0 Å². The number of halogens is 18. The van der Waals surface area contributed by atoms with E-state index in [-0.39, 0.29) is 0 Å². The van der Waals surface area contributed by atoms with E-state index in [1.54, 1.807) is 0 Å². The van der Waals surface area contributed by atoms with Crippen molar-refractivity contribution in [2.75, 3.05) is 0 Å². The van der Waals surface area contributed by atoms with Gasteiger partial charge in [-0.2, -0.15) is 79.0 Å². The summed E-state index contributed by atoms with van der Waals surface area (Å²) in [6.07, 6.45) is -15.8. The van der Waals surface area contributed by atoms with Gasteiger partial charge in [0.1, 0.15) is 0 Å². The number of alkyl halides is 18. The molecule has 0 unspecified atom stereocenters. The van der Waals surface area contributed by atoms with E-state index in [1.165, 1.54) is 4.74 Å². The Morgan fingerprint density at radius 1 is 0.429 bits per heavy atom. The minimum atomic E-state index is -8.21. The Hall–Kier alpha value is -1.30. The zero-order chi connectivity index (χ0) is 23.2. The van der Waals surface area contributed by atoms with Crippen molar-refractivity contribution >= 4 is 0 Å². The van der Waals surface area contributed by atoms with Crippen LogP contribution in [0.1, 0.15) is 0 Å². The zero-order valence-electron chi connectivity index (χ0n) is 11.7. The second kappa shape index (κ2) is 5.44. The average molecular weight is 466 g/mol. The summed E-state index contributed by atoms with van der Waals surface area (Å²) in [5, 5.41) is 0. The topological polar surface area (TPSA) is 9.23 Å². The smallest absolute Gasteiger partial charge is 0.267 e. The van der Waals surface area contributed by atoms with E-state index in [0.717, 1.165) is 0 Å². The Morgan fingerprint density at radius 3 is 0.964 bits per heavy atom. The molecule has 1 aliphatic rings. The van der Waals surface area contributed by atoms with Gasteiger partial charge in [0, 0.05) is 0 Å². The van der Waals surface area contributed by atoms with Crippen LogP contribution >= 0.6 is 0 Å². The first-order chi connectivity index (χ1) is 11.7. The third-order valence-electron chi connectivity index (χ3n) is 3.38. The lowest BCUT2D eigenvalue weighted by atomic mass is 10.1. The van der Waals surface area contributed by atoms with E-state index >= 15 is 0 Å². The molecular formula is C9F18O. The molecule has 0 N–H and O–H groups in total. The highest BCUT2D eigenvalue weighted by Crippen LogP contribution is 2.71.